The van der Waals surface area contributed by atoms with Gasteiger partial charge < -0.3 is 14.2 Å². The minimum absolute atomic E-state index is 0.0564. The summed E-state index contributed by atoms with van der Waals surface area (Å²) in [5, 5.41) is 8.26. The summed E-state index contributed by atoms with van der Waals surface area (Å²) >= 11 is 0. The first kappa shape index (κ1) is 17.6. The van der Waals surface area contributed by atoms with E-state index in [-0.39, 0.29) is 23.6 Å². The van der Waals surface area contributed by atoms with Crippen molar-refractivity contribution in [3.63, 3.8) is 0 Å². The Bertz CT molecular complexity index is 774. The first-order chi connectivity index (χ1) is 11.7. The van der Waals surface area contributed by atoms with Gasteiger partial charge in [-0.1, -0.05) is 5.16 Å². The zero-order valence-electron chi connectivity index (χ0n) is 15.6. The van der Waals surface area contributed by atoms with Crippen LogP contribution in [0.3, 0.4) is 0 Å². The Kier molecular flexibility index (Phi) is 4.40. The van der Waals surface area contributed by atoms with Crippen LogP contribution in [0.5, 0.6) is 0 Å². The molecule has 1 amide bonds. The summed E-state index contributed by atoms with van der Waals surface area (Å²) in [5.41, 5.74) is 1.25. The molecule has 0 radical (unpaired) electrons. The van der Waals surface area contributed by atoms with E-state index in [1.54, 1.807) is 25.1 Å². The summed E-state index contributed by atoms with van der Waals surface area (Å²) in [5.74, 6) is 0.916. The Hall–Kier alpha value is -2.22. The van der Waals surface area contributed by atoms with Crippen LogP contribution in [0.25, 0.3) is 0 Å². The lowest BCUT2D eigenvalue weighted by molar-refractivity contribution is 0.0669. The normalized spacial score (nSPS) is 21.1. The molecule has 0 aliphatic carbocycles. The van der Waals surface area contributed by atoms with Crippen LogP contribution in [0.4, 0.5) is 0 Å². The summed E-state index contributed by atoms with van der Waals surface area (Å²) in [6.45, 7) is 10.3. The third-order valence-corrected chi connectivity index (χ3v) is 4.56. The van der Waals surface area contributed by atoms with Crippen molar-refractivity contribution >= 4 is 5.91 Å². The minimum atomic E-state index is -0.281. The van der Waals surface area contributed by atoms with Gasteiger partial charge in [-0.15, -0.1) is 0 Å². The molecule has 2 atom stereocenters. The van der Waals surface area contributed by atoms with Crippen LogP contribution in [0.15, 0.2) is 10.7 Å². The average Bonchev–Trinajstić information content (AvgIpc) is 3.23. The predicted octanol–water partition coefficient (Wildman–Crippen LogP) is 2.24. The van der Waals surface area contributed by atoms with Crippen LogP contribution in [0.2, 0.25) is 0 Å². The van der Waals surface area contributed by atoms with Crippen LogP contribution in [0, 0.1) is 13.8 Å². The first-order valence-electron chi connectivity index (χ1n) is 8.41. The van der Waals surface area contributed by atoms with Gasteiger partial charge in [0.1, 0.15) is 6.04 Å². The second-order valence-corrected chi connectivity index (χ2v) is 7.47. The molecule has 0 N–H and O–H groups in total. The van der Waals surface area contributed by atoms with E-state index in [1.807, 2.05) is 11.6 Å². The van der Waals surface area contributed by atoms with Crippen molar-refractivity contribution in [1.82, 2.24) is 24.8 Å². The Labute approximate surface area is 147 Å². The third kappa shape index (κ3) is 3.18. The lowest BCUT2D eigenvalue weighted by Crippen LogP contribution is -2.33. The Morgan fingerprint density at radius 3 is 2.60 bits per heavy atom. The highest BCUT2D eigenvalue weighted by molar-refractivity contribution is 5.95. The minimum Gasteiger partial charge on any atom is -0.380 e. The highest BCUT2D eigenvalue weighted by Gasteiger charge is 2.40. The molecule has 136 valence electrons. The van der Waals surface area contributed by atoms with Crippen LogP contribution in [-0.2, 0) is 10.3 Å². The van der Waals surface area contributed by atoms with Crippen LogP contribution < -0.4 is 0 Å². The average molecular weight is 347 g/mol. The molecular formula is C17H25N5O3. The van der Waals surface area contributed by atoms with E-state index < -0.39 is 0 Å². The maximum atomic E-state index is 13.2. The number of aromatic nitrogens is 4. The van der Waals surface area contributed by atoms with Crippen molar-refractivity contribution in [2.45, 2.75) is 58.7 Å². The van der Waals surface area contributed by atoms with Gasteiger partial charge in [-0.05, 0) is 34.6 Å². The molecule has 8 nitrogen and oxygen atoms in total. The van der Waals surface area contributed by atoms with Crippen molar-refractivity contribution in [2.24, 2.45) is 0 Å². The highest BCUT2D eigenvalue weighted by atomic mass is 16.5. The smallest absolute Gasteiger partial charge is 0.258 e. The van der Waals surface area contributed by atoms with E-state index in [0.29, 0.717) is 30.2 Å². The molecule has 1 saturated heterocycles. The van der Waals surface area contributed by atoms with Gasteiger partial charge in [-0.2, -0.15) is 10.1 Å². The number of carbonyl (C=O) groups excluding carboxylic acids is 1. The van der Waals surface area contributed by atoms with Crippen LogP contribution in [0.1, 0.15) is 61.0 Å². The largest absolute Gasteiger partial charge is 0.380 e. The van der Waals surface area contributed by atoms with Gasteiger partial charge in [-0.3, -0.25) is 9.48 Å². The molecule has 1 aliphatic rings. The van der Waals surface area contributed by atoms with E-state index in [9.17, 15) is 4.79 Å². The molecule has 1 aliphatic heterocycles. The topological polar surface area (TPSA) is 86.3 Å². The molecule has 2 aromatic rings. The van der Waals surface area contributed by atoms with Gasteiger partial charge >= 0.3 is 0 Å². The summed E-state index contributed by atoms with van der Waals surface area (Å²) in [6.07, 6.45) is 2.22. The number of likely N-dealkylation sites (tertiary alicyclic amines) is 1. The number of methoxy groups -OCH3 is 1. The number of ether oxygens (including phenoxy) is 1. The fourth-order valence-electron chi connectivity index (χ4n) is 3.33. The van der Waals surface area contributed by atoms with Gasteiger partial charge in [0.2, 0.25) is 5.89 Å². The highest BCUT2D eigenvalue weighted by Crippen LogP contribution is 2.34. The quantitative estimate of drug-likeness (QED) is 0.846. The maximum Gasteiger partial charge on any atom is 0.258 e. The van der Waals surface area contributed by atoms with E-state index >= 15 is 0 Å². The summed E-state index contributed by atoms with van der Waals surface area (Å²) in [7, 11) is 1.65. The number of hydrogen-bond acceptors (Lipinski definition) is 6. The van der Waals surface area contributed by atoms with Crippen LogP contribution in [-0.4, -0.2) is 50.5 Å². The Morgan fingerprint density at radius 1 is 1.36 bits per heavy atom. The predicted molar refractivity (Wildman–Crippen MR) is 90.2 cm³/mol. The molecular weight excluding hydrogens is 322 g/mol. The summed E-state index contributed by atoms with van der Waals surface area (Å²) < 4.78 is 12.7. The number of hydrogen-bond donors (Lipinski definition) is 0. The summed E-state index contributed by atoms with van der Waals surface area (Å²) in [6, 6.07) is -0.281. The molecule has 3 heterocycles. The van der Waals surface area contributed by atoms with Gasteiger partial charge in [-0.25, -0.2) is 0 Å². The van der Waals surface area contributed by atoms with E-state index in [0.717, 1.165) is 5.69 Å². The van der Waals surface area contributed by atoms with Gasteiger partial charge in [0.05, 0.1) is 23.4 Å². The molecule has 3 rings (SSSR count). The second kappa shape index (κ2) is 6.25. The molecule has 1 fully saturated rings. The molecule has 0 saturated carbocycles. The van der Waals surface area contributed by atoms with Gasteiger partial charge in [0.25, 0.3) is 5.91 Å². The first-order valence-corrected chi connectivity index (χ1v) is 8.41. The van der Waals surface area contributed by atoms with E-state index in [1.165, 1.54) is 0 Å². The molecule has 8 heteroatoms. The van der Waals surface area contributed by atoms with Crippen molar-refractivity contribution in [3.8, 4) is 0 Å². The molecule has 25 heavy (non-hydrogen) atoms. The number of rotatable bonds is 3. The number of carbonyl (C=O) groups is 1. The number of amides is 1. The van der Waals surface area contributed by atoms with Crippen molar-refractivity contribution in [1.29, 1.82) is 0 Å². The molecule has 2 aromatic heterocycles. The second-order valence-electron chi connectivity index (χ2n) is 7.47. The zero-order chi connectivity index (χ0) is 18.4. The number of aryl methyl sites for hydroxylation is 1. The standard InChI is InChI=1S/C17H25N5O3/c1-10-13(8-18-22(10)17(3,4)5)16(23)21-9-12(24-6)7-14(21)15-19-11(2)20-25-15/h8,12,14H,7,9H2,1-6H3/t12-,14-/m1/s1. The number of nitrogens with zero attached hydrogens (tertiary/aromatic N) is 5. The monoisotopic (exact) mass is 347 g/mol. The molecule has 0 bridgehead atoms. The lowest BCUT2D eigenvalue weighted by atomic mass is 10.1. The molecule has 0 spiro atoms. The zero-order valence-corrected chi connectivity index (χ0v) is 15.6. The van der Waals surface area contributed by atoms with E-state index in [4.69, 9.17) is 9.26 Å². The molecule has 0 unspecified atom stereocenters. The Balaban J connectivity index is 1.93. The molecule has 0 aromatic carbocycles. The third-order valence-electron chi connectivity index (χ3n) is 4.56. The van der Waals surface area contributed by atoms with Crippen molar-refractivity contribution < 1.29 is 14.1 Å². The SMILES string of the molecule is CO[C@@H]1C[C@H](c2nc(C)no2)N(C(=O)c2cnn(C(C)(C)C)c2C)C1. The van der Waals surface area contributed by atoms with Crippen LogP contribution >= 0.6 is 0 Å². The maximum absolute atomic E-state index is 13.2. The summed E-state index contributed by atoms with van der Waals surface area (Å²) in [4.78, 5) is 19.2. The van der Waals surface area contributed by atoms with E-state index in [2.05, 4.69) is 36.0 Å². The van der Waals surface area contributed by atoms with Crippen molar-refractivity contribution in [2.75, 3.05) is 13.7 Å². The fraction of sp³-hybridized carbons (Fsp3) is 0.647. The Morgan fingerprint density at radius 2 is 2.08 bits per heavy atom. The fourth-order valence-corrected chi connectivity index (χ4v) is 3.33. The van der Waals surface area contributed by atoms with Crippen molar-refractivity contribution in [3.05, 3.63) is 29.2 Å². The van der Waals surface area contributed by atoms with Gasteiger partial charge in [0.15, 0.2) is 5.82 Å². The lowest BCUT2D eigenvalue weighted by Gasteiger charge is -2.23. The van der Waals surface area contributed by atoms with Gasteiger partial charge in [0, 0.05) is 25.8 Å².